The fourth-order valence-electron chi connectivity index (χ4n) is 1.92. The summed E-state index contributed by atoms with van der Waals surface area (Å²) in [4.78, 5) is 11.1. The highest BCUT2D eigenvalue weighted by Gasteiger charge is 2.49. The fraction of sp³-hybridized carbons (Fsp3) is 0.500. The average molecular weight is 270 g/mol. The number of benzene rings is 1. The van der Waals surface area contributed by atoms with Gasteiger partial charge in [0.1, 0.15) is 0 Å². The Morgan fingerprint density at radius 3 is 2.47 bits per heavy atom. The molecule has 1 aliphatic rings. The van der Waals surface area contributed by atoms with Crippen molar-refractivity contribution in [2.45, 2.75) is 37.7 Å². The zero-order valence-electron chi connectivity index (χ0n) is 10.6. The summed E-state index contributed by atoms with van der Waals surface area (Å²) < 4.78 is 31.5. The summed E-state index contributed by atoms with van der Waals surface area (Å²) in [5.41, 5.74) is 1.10. The lowest BCUT2D eigenvalue weighted by molar-refractivity contribution is -0.189. The summed E-state index contributed by atoms with van der Waals surface area (Å²) in [6, 6.07) is 6.31. The van der Waals surface area contributed by atoms with E-state index in [-0.39, 0.29) is 12.2 Å². The van der Waals surface area contributed by atoms with Gasteiger partial charge < -0.3 is 9.84 Å². The van der Waals surface area contributed by atoms with Crippen molar-refractivity contribution in [1.29, 1.82) is 0 Å². The van der Waals surface area contributed by atoms with Gasteiger partial charge in [-0.25, -0.2) is 4.79 Å². The molecule has 0 amide bonds. The molecule has 19 heavy (non-hydrogen) atoms. The van der Waals surface area contributed by atoms with Gasteiger partial charge in [-0.2, -0.15) is 8.78 Å². The number of hydrogen-bond acceptors (Lipinski definition) is 3. The van der Waals surface area contributed by atoms with Crippen LogP contribution in [-0.4, -0.2) is 23.6 Å². The molecular formula is C14H16F2O3. The van der Waals surface area contributed by atoms with Crippen molar-refractivity contribution >= 4 is 5.97 Å². The first kappa shape index (κ1) is 13.9. The van der Waals surface area contributed by atoms with E-state index in [9.17, 15) is 18.7 Å². The van der Waals surface area contributed by atoms with Crippen LogP contribution < -0.4 is 0 Å². The molecule has 5 heteroatoms. The van der Waals surface area contributed by atoms with E-state index in [4.69, 9.17) is 0 Å². The molecule has 1 N–H and O–H groups in total. The maximum atomic E-state index is 13.6. The van der Waals surface area contributed by atoms with Crippen molar-refractivity contribution in [3.63, 3.8) is 0 Å². The molecule has 0 saturated heterocycles. The molecule has 0 radical (unpaired) electrons. The summed E-state index contributed by atoms with van der Waals surface area (Å²) in [6.07, 6.45) is 0.0432. The largest absolute Gasteiger partial charge is 0.461 e. The molecule has 0 aliphatic heterocycles. The Bertz CT molecular complexity index is 452. The molecule has 1 aromatic rings. The smallest absolute Gasteiger partial charge is 0.380 e. The molecule has 0 spiro atoms. The zero-order chi connectivity index (χ0) is 14.0. The van der Waals surface area contributed by atoms with Gasteiger partial charge in [-0.15, -0.1) is 0 Å². The second-order valence-electron chi connectivity index (χ2n) is 4.69. The summed E-state index contributed by atoms with van der Waals surface area (Å²) in [7, 11) is 0. The van der Waals surface area contributed by atoms with Crippen LogP contribution in [0.15, 0.2) is 24.3 Å². The monoisotopic (exact) mass is 270 g/mol. The molecule has 0 aromatic heterocycles. The van der Waals surface area contributed by atoms with Crippen molar-refractivity contribution in [3.8, 4) is 0 Å². The Kier molecular flexibility index (Phi) is 3.85. The zero-order valence-corrected chi connectivity index (χ0v) is 10.6. The van der Waals surface area contributed by atoms with Crippen molar-refractivity contribution in [2.75, 3.05) is 6.61 Å². The van der Waals surface area contributed by atoms with Crippen LogP contribution in [0.1, 0.15) is 42.9 Å². The second kappa shape index (κ2) is 5.25. The van der Waals surface area contributed by atoms with Gasteiger partial charge in [-0.3, -0.25) is 0 Å². The lowest BCUT2D eigenvalue weighted by Crippen LogP contribution is -2.37. The molecule has 2 rings (SSSR count). The predicted octanol–water partition coefficient (Wildman–Crippen LogP) is 2.80. The lowest BCUT2D eigenvalue weighted by Gasteiger charge is -2.21. The third-order valence-electron chi connectivity index (χ3n) is 3.19. The summed E-state index contributed by atoms with van der Waals surface area (Å²) in [5, 5.41) is 9.64. The number of aliphatic hydroxyl groups excluding tert-OH is 1. The van der Waals surface area contributed by atoms with E-state index in [0.29, 0.717) is 5.92 Å². The molecule has 1 aromatic carbocycles. The molecule has 1 atom stereocenters. The Morgan fingerprint density at radius 2 is 2.00 bits per heavy atom. The molecule has 3 nitrogen and oxygen atoms in total. The molecule has 104 valence electrons. The van der Waals surface area contributed by atoms with Crippen LogP contribution in [0.4, 0.5) is 8.78 Å². The summed E-state index contributed by atoms with van der Waals surface area (Å²) >= 11 is 0. The van der Waals surface area contributed by atoms with E-state index in [0.717, 1.165) is 18.4 Å². The number of hydrogen-bond donors (Lipinski definition) is 1. The minimum Gasteiger partial charge on any atom is -0.461 e. The molecule has 1 unspecified atom stereocenters. The minimum atomic E-state index is -3.93. The minimum absolute atomic E-state index is 0.0162. The maximum absolute atomic E-state index is 13.6. The van der Waals surface area contributed by atoms with Gasteiger partial charge in [0.15, 0.2) is 6.10 Å². The van der Waals surface area contributed by atoms with E-state index < -0.39 is 18.0 Å². The van der Waals surface area contributed by atoms with Crippen LogP contribution in [0, 0.1) is 0 Å². The number of ether oxygens (including phenoxy) is 1. The lowest BCUT2D eigenvalue weighted by atomic mass is 10.0. The number of carbonyl (C=O) groups excluding carboxylic acids is 1. The fourth-order valence-corrected chi connectivity index (χ4v) is 1.92. The van der Waals surface area contributed by atoms with Gasteiger partial charge in [0.25, 0.3) is 0 Å². The van der Waals surface area contributed by atoms with Crippen molar-refractivity contribution < 1.29 is 23.4 Å². The van der Waals surface area contributed by atoms with E-state index in [1.165, 1.54) is 19.1 Å². The molecular weight excluding hydrogens is 254 g/mol. The maximum Gasteiger partial charge on any atom is 0.380 e. The molecule has 1 aliphatic carbocycles. The molecule has 1 saturated carbocycles. The van der Waals surface area contributed by atoms with Gasteiger partial charge in [0, 0.05) is 0 Å². The van der Waals surface area contributed by atoms with Gasteiger partial charge in [-0.1, -0.05) is 24.3 Å². The van der Waals surface area contributed by atoms with E-state index in [1.54, 1.807) is 12.1 Å². The van der Waals surface area contributed by atoms with Crippen molar-refractivity contribution in [3.05, 3.63) is 35.4 Å². The standard InChI is InChI=1S/C14H16F2O3/c1-2-19-13(18)14(15,16)12(17)11-7-5-10(6-8-11)9-3-4-9/h5-9,12,17H,2-4H2,1H3. The van der Waals surface area contributed by atoms with Crippen LogP contribution >= 0.6 is 0 Å². The van der Waals surface area contributed by atoms with Gasteiger partial charge in [0.05, 0.1) is 6.61 Å². The quantitative estimate of drug-likeness (QED) is 0.837. The summed E-state index contributed by atoms with van der Waals surface area (Å²) in [5.74, 6) is -5.12. The van der Waals surface area contributed by atoms with Gasteiger partial charge in [-0.05, 0) is 36.8 Å². The predicted molar refractivity (Wildman–Crippen MR) is 65.0 cm³/mol. The van der Waals surface area contributed by atoms with Crippen molar-refractivity contribution in [2.24, 2.45) is 0 Å². The second-order valence-corrected chi connectivity index (χ2v) is 4.69. The number of carbonyl (C=O) groups is 1. The number of esters is 1. The van der Waals surface area contributed by atoms with Crippen LogP contribution in [-0.2, 0) is 9.53 Å². The molecule has 1 fully saturated rings. The Labute approximate surface area is 110 Å². The highest BCUT2D eigenvalue weighted by Crippen LogP contribution is 2.41. The van der Waals surface area contributed by atoms with Crippen LogP contribution in [0.3, 0.4) is 0 Å². The molecule has 0 bridgehead atoms. The number of alkyl halides is 2. The molecule has 0 heterocycles. The highest BCUT2D eigenvalue weighted by molar-refractivity contribution is 5.78. The Hall–Kier alpha value is -1.49. The van der Waals surface area contributed by atoms with Crippen molar-refractivity contribution in [1.82, 2.24) is 0 Å². The van der Waals surface area contributed by atoms with Crippen LogP contribution in [0.5, 0.6) is 0 Å². The SMILES string of the molecule is CCOC(=O)C(F)(F)C(O)c1ccc(C2CC2)cc1. The first-order chi connectivity index (χ1) is 8.96. The van der Waals surface area contributed by atoms with Gasteiger partial charge >= 0.3 is 11.9 Å². The summed E-state index contributed by atoms with van der Waals surface area (Å²) in [6.45, 7) is 1.28. The average Bonchev–Trinajstić information content (AvgIpc) is 3.22. The van der Waals surface area contributed by atoms with Crippen LogP contribution in [0.25, 0.3) is 0 Å². The third kappa shape index (κ3) is 2.92. The number of halogens is 2. The number of rotatable bonds is 5. The first-order valence-electron chi connectivity index (χ1n) is 6.29. The Balaban J connectivity index is 2.12. The van der Waals surface area contributed by atoms with E-state index in [1.807, 2.05) is 0 Å². The first-order valence-corrected chi connectivity index (χ1v) is 6.29. The normalized spacial score (nSPS) is 17.1. The van der Waals surface area contributed by atoms with Gasteiger partial charge in [0.2, 0.25) is 0 Å². The Morgan fingerprint density at radius 1 is 1.42 bits per heavy atom. The topological polar surface area (TPSA) is 46.5 Å². The highest BCUT2D eigenvalue weighted by atomic mass is 19.3. The number of aliphatic hydroxyl groups is 1. The van der Waals surface area contributed by atoms with E-state index >= 15 is 0 Å². The van der Waals surface area contributed by atoms with E-state index in [2.05, 4.69) is 4.74 Å². The van der Waals surface area contributed by atoms with Crippen LogP contribution in [0.2, 0.25) is 0 Å². The third-order valence-corrected chi connectivity index (χ3v) is 3.19.